The molecule has 0 N–H and O–H groups in total. The SMILES string of the molecule is c1ccc(-c2ccc(-c3nc(-c4ccccc4)nc(-c4cccc5sc6c(-c7cccc8c7sc7ccccc78)cccc6c45)n3)cc2)cc1. The second-order valence-corrected chi connectivity index (χ2v) is 14.5. The van der Waals surface area contributed by atoms with Crippen molar-refractivity contribution in [1.29, 1.82) is 0 Å². The van der Waals surface area contributed by atoms with Crippen molar-refractivity contribution in [3.05, 3.63) is 164 Å². The van der Waals surface area contributed by atoms with Crippen molar-refractivity contribution in [3.8, 4) is 56.4 Å². The molecule has 0 saturated heterocycles. The Bertz CT molecular complexity index is 2850. The summed E-state index contributed by atoms with van der Waals surface area (Å²) in [5.74, 6) is 1.98. The van der Waals surface area contributed by atoms with Crippen LogP contribution in [0.15, 0.2) is 164 Å². The van der Waals surface area contributed by atoms with Gasteiger partial charge in [-0.15, -0.1) is 22.7 Å². The summed E-state index contributed by atoms with van der Waals surface area (Å²) in [6.45, 7) is 0. The minimum absolute atomic E-state index is 0.655. The van der Waals surface area contributed by atoms with Crippen LogP contribution < -0.4 is 0 Å². The standard InChI is InChI=1S/C45H27N3S2/c1-3-12-28(13-4-1)29-24-26-31(27-25-29)44-46-43(30-14-5-2-6-15-30)47-45(48-44)37-21-11-23-39-40(37)36-20-10-19-35(42(36)50-39)34-18-9-17-33-32-16-7-8-22-38(32)49-41(33)34/h1-27H. The van der Waals surface area contributed by atoms with Crippen LogP contribution in [0.25, 0.3) is 96.8 Å². The van der Waals surface area contributed by atoms with Crippen molar-refractivity contribution in [1.82, 2.24) is 15.0 Å². The van der Waals surface area contributed by atoms with Gasteiger partial charge in [0, 0.05) is 68.2 Å². The molecule has 5 heteroatoms. The van der Waals surface area contributed by atoms with E-state index in [1.54, 1.807) is 0 Å². The van der Waals surface area contributed by atoms with Gasteiger partial charge in [0.2, 0.25) is 0 Å². The zero-order valence-corrected chi connectivity index (χ0v) is 28.4. The summed E-state index contributed by atoms with van der Waals surface area (Å²) < 4.78 is 5.12. The van der Waals surface area contributed by atoms with Crippen LogP contribution in [0.3, 0.4) is 0 Å². The molecule has 50 heavy (non-hydrogen) atoms. The molecular formula is C45H27N3S2. The van der Waals surface area contributed by atoms with E-state index in [1.807, 2.05) is 46.9 Å². The minimum atomic E-state index is 0.655. The van der Waals surface area contributed by atoms with Crippen LogP contribution in [0.4, 0.5) is 0 Å². The summed E-state index contributed by atoms with van der Waals surface area (Å²) in [5.41, 5.74) is 7.78. The van der Waals surface area contributed by atoms with Crippen LogP contribution in [0.1, 0.15) is 0 Å². The highest BCUT2D eigenvalue weighted by Gasteiger charge is 2.19. The van der Waals surface area contributed by atoms with Gasteiger partial charge in [0.1, 0.15) is 0 Å². The Hall–Kier alpha value is -6.01. The third-order valence-corrected chi connectivity index (χ3v) is 11.8. The fourth-order valence-electron chi connectivity index (χ4n) is 6.99. The monoisotopic (exact) mass is 673 g/mol. The molecule has 0 aliphatic carbocycles. The lowest BCUT2D eigenvalue weighted by atomic mass is 9.99. The van der Waals surface area contributed by atoms with Gasteiger partial charge >= 0.3 is 0 Å². The molecule has 0 saturated carbocycles. The Morgan fingerprint density at radius 1 is 0.300 bits per heavy atom. The van der Waals surface area contributed by atoms with E-state index < -0.39 is 0 Å². The number of fused-ring (bicyclic) bond motifs is 6. The molecule has 0 aliphatic rings. The Labute approximate surface area is 296 Å². The van der Waals surface area contributed by atoms with Crippen LogP contribution in [-0.2, 0) is 0 Å². The molecule has 7 aromatic carbocycles. The molecule has 0 atom stereocenters. The lowest BCUT2D eigenvalue weighted by molar-refractivity contribution is 1.08. The predicted octanol–water partition coefficient (Wildman–Crippen LogP) is 12.9. The Morgan fingerprint density at radius 3 is 1.50 bits per heavy atom. The average Bonchev–Trinajstić information content (AvgIpc) is 3.77. The van der Waals surface area contributed by atoms with Crippen molar-refractivity contribution in [3.63, 3.8) is 0 Å². The molecular weight excluding hydrogens is 647 g/mol. The van der Waals surface area contributed by atoms with Gasteiger partial charge < -0.3 is 0 Å². The van der Waals surface area contributed by atoms with Gasteiger partial charge in [-0.25, -0.2) is 15.0 Å². The van der Waals surface area contributed by atoms with Crippen LogP contribution in [0.2, 0.25) is 0 Å². The molecule has 10 rings (SSSR count). The second-order valence-electron chi connectivity index (χ2n) is 12.4. The van der Waals surface area contributed by atoms with Crippen LogP contribution >= 0.6 is 22.7 Å². The van der Waals surface area contributed by atoms with Crippen molar-refractivity contribution in [2.24, 2.45) is 0 Å². The molecule has 0 fully saturated rings. The molecule has 234 valence electrons. The average molecular weight is 674 g/mol. The van der Waals surface area contributed by atoms with E-state index in [0.29, 0.717) is 17.5 Å². The van der Waals surface area contributed by atoms with Gasteiger partial charge in [0.25, 0.3) is 0 Å². The highest BCUT2D eigenvalue weighted by Crippen LogP contribution is 2.47. The molecule has 0 amide bonds. The summed E-state index contributed by atoms with van der Waals surface area (Å²) in [5, 5.41) is 5.01. The lowest BCUT2D eigenvalue weighted by Gasteiger charge is -2.10. The summed E-state index contributed by atoms with van der Waals surface area (Å²) in [6, 6.07) is 57.7. The van der Waals surface area contributed by atoms with Gasteiger partial charge in [0.05, 0.1) is 0 Å². The topological polar surface area (TPSA) is 38.7 Å². The summed E-state index contributed by atoms with van der Waals surface area (Å²) >= 11 is 3.72. The zero-order valence-electron chi connectivity index (χ0n) is 26.7. The van der Waals surface area contributed by atoms with E-state index in [-0.39, 0.29) is 0 Å². The smallest absolute Gasteiger partial charge is 0.164 e. The van der Waals surface area contributed by atoms with Gasteiger partial charge in [-0.1, -0.05) is 152 Å². The molecule has 3 aromatic heterocycles. The molecule has 0 aliphatic heterocycles. The van der Waals surface area contributed by atoms with Gasteiger partial charge in [0.15, 0.2) is 17.5 Å². The maximum Gasteiger partial charge on any atom is 0.164 e. The van der Waals surface area contributed by atoms with Crippen LogP contribution in [0, 0.1) is 0 Å². The number of benzene rings is 7. The number of rotatable bonds is 5. The quantitative estimate of drug-likeness (QED) is 0.182. The Balaban J connectivity index is 1.16. The van der Waals surface area contributed by atoms with E-state index >= 15 is 0 Å². The number of aromatic nitrogens is 3. The first-order valence-electron chi connectivity index (χ1n) is 16.6. The summed E-state index contributed by atoms with van der Waals surface area (Å²) in [4.78, 5) is 15.3. The number of hydrogen-bond acceptors (Lipinski definition) is 5. The van der Waals surface area contributed by atoms with E-state index in [2.05, 4.69) is 140 Å². The van der Waals surface area contributed by atoms with Crippen molar-refractivity contribution >= 4 is 63.0 Å². The number of thiophene rings is 2. The molecule has 0 spiro atoms. The molecule has 0 bridgehead atoms. The van der Waals surface area contributed by atoms with Crippen molar-refractivity contribution < 1.29 is 0 Å². The third-order valence-electron chi connectivity index (χ3n) is 9.38. The maximum atomic E-state index is 5.17. The summed E-state index contributed by atoms with van der Waals surface area (Å²) in [7, 11) is 0. The molecule has 3 heterocycles. The van der Waals surface area contributed by atoms with Crippen molar-refractivity contribution in [2.75, 3.05) is 0 Å². The summed E-state index contributed by atoms with van der Waals surface area (Å²) in [6.07, 6.45) is 0. The molecule has 0 radical (unpaired) electrons. The van der Waals surface area contributed by atoms with Gasteiger partial charge in [-0.3, -0.25) is 0 Å². The highest BCUT2D eigenvalue weighted by atomic mass is 32.1. The first kappa shape index (κ1) is 29.0. The normalized spacial score (nSPS) is 11.6. The zero-order chi connectivity index (χ0) is 33.0. The lowest BCUT2D eigenvalue weighted by Crippen LogP contribution is -2.00. The van der Waals surface area contributed by atoms with Crippen LogP contribution in [0.5, 0.6) is 0 Å². The van der Waals surface area contributed by atoms with E-state index in [1.165, 1.54) is 57.0 Å². The minimum Gasteiger partial charge on any atom is -0.208 e. The van der Waals surface area contributed by atoms with Gasteiger partial charge in [-0.05, 0) is 23.3 Å². The highest BCUT2D eigenvalue weighted by molar-refractivity contribution is 7.27. The van der Waals surface area contributed by atoms with E-state index in [0.717, 1.165) is 22.3 Å². The fourth-order valence-corrected chi connectivity index (χ4v) is 9.48. The molecule has 0 unspecified atom stereocenters. The number of hydrogen-bond donors (Lipinski definition) is 0. The largest absolute Gasteiger partial charge is 0.208 e. The second kappa shape index (κ2) is 11.8. The first-order valence-corrected chi connectivity index (χ1v) is 18.2. The third kappa shape index (κ3) is 4.82. The maximum absolute atomic E-state index is 5.17. The molecule has 3 nitrogen and oxygen atoms in total. The molecule has 10 aromatic rings. The number of nitrogens with zero attached hydrogens (tertiary/aromatic N) is 3. The Morgan fingerprint density at radius 2 is 0.760 bits per heavy atom. The van der Waals surface area contributed by atoms with E-state index in [4.69, 9.17) is 15.0 Å². The van der Waals surface area contributed by atoms with Crippen molar-refractivity contribution in [2.45, 2.75) is 0 Å². The van der Waals surface area contributed by atoms with Crippen LogP contribution in [-0.4, -0.2) is 15.0 Å². The van der Waals surface area contributed by atoms with E-state index in [9.17, 15) is 0 Å². The Kier molecular flexibility index (Phi) is 6.86. The van der Waals surface area contributed by atoms with Gasteiger partial charge in [-0.2, -0.15) is 0 Å². The first-order chi connectivity index (χ1) is 24.8. The fraction of sp³-hybridized carbons (Fsp3) is 0. The predicted molar refractivity (Wildman–Crippen MR) is 213 cm³/mol.